The lowest BCUT2D eigenvalue weighted by molar-refractivity contribution is -0.135. The van der Waals surface area contributed by atoms with E-state index in [1.165, 1.54) is 0 Å². The Kier molecular flexibility index (Phi) is 6.67. The Morgan fingerprint density at radius 3 is 2.86 bits per heavy atom. The van der Waals surface area contributed by atoms with E-state index in [1.54, 1.807) is 6.92 Å². The van der Waals surface area contributed by atoms with Gasteiger partial charge in [0.2, 0.25) is 5.84 Å². The number of carbonyl (C=O) groups is 1. The number of benzene rings is 1. The van der Waals surface area contributed by atoms with Crippen LogP contribution in [0.15, 0.2) is 33.7 Å². The number of halogens is 1. The van der Waals surface area contributed by atoms with Gasteiger partial charge in [-0.1, -0.05) is 15.9 Å². The third-order valence-corrected chi connectivity index (χ3v) is 3.64. The lowest BCUT2D eigenvalue weighted by Crippen LogP contribution is -2.37. The number of ether oxygens (including phenoxy) is 2. The molecule has 0 radical (unpaired) electrons. The summed E-state index contributed by atoms with van der Waals surface area (Å²) < 4.78 is 11.5. The number of carbonyl (C=O) groups excluding carboxylic acids is 1. The van der Waals surface area contributed by atoms with E-state index in [9.17, 15) is 4.79 Å². The van der Waals surface area contributed by atoms with Crippen LogP contribution in [-0.2, 0) is 14.3 Å². The van der Waals surface area contributed by atoms with Crippen molar-refractivity contribution < 1.29 is 14.3 Å². The number of aliphatic imine (C=N–C) groups is 1. The molecule has 2 rings (SSSR count). The molecule has 0 bridgehead atoms. The zero-order valence-electron chi connectivity index (χ0n) is 12.5. The summed E-state index contributed by atoms with van der Waals surface area (Å²) in [6, 6.07) is 7.55. The molecule has 1 aliphatic rings. The van der Waals surface area contributed by atoms with Gasteiger partial charge in [0.25, 0.3) is 0 Å². The molecule has 1 aromatic carbocycles. The number of amidine groups is 1. The average molecular weight is 370 g/mol. The SMILES string of the molecule is CCOC(=O)C(=NC[C@H]1CCCO1)NNc1ccc(Br)cc1. The second kappa shape index (κ2) is 8.75. The van der Waals surface area contributed by atoms with Crippen molar-refractivity contribution in [2.75, 3.05) is 25.2 Å². The molecule has 0 saturated carbocycles. The van der Waals surface area contributed by atoms with Crippen LogP contribution in [0.4, 0.5) is 5.69 Å². The van der Waals surface area contributed by atoms with Crippen LogP contribution < -0.4 is 10.9 Å². The van der Waals surface area contributed by atoms with Crippen LogP contribution in [0, 0.1) is 0 Å². The van der Waals surface area contributed by atoms with Gasteiger partial charge in [-0.15, -0.1) is 0 Å². The Bertz CT molecular complexity index is 513. The topological polar surface area (TPSA) is 72.0 Å². The number of anilines is 1. The predicted molar refractivity (Wildman–Crippen MR) is 88.8 cm³/mol. The van der Waals surface area contributed by atoms with Gasteiger partial charge >= 0.3 is 5.97 Å². The lowest BCUT2D eigenvalue weighted by Gasteiger charge is -2.13. The molecule has 0 unspecified atom stereocenters. The predicted octanol–water partition coefficient (Wildman–Crippen LogP) is 2.51. The average Bonchev–Trinajstić information content (AvgIpc) is 3.02. The van der Waals surface area contributed by atoms with Crippen LogP contribution in [0.2, 0.25) is 0 Å². The number of hydrogen-bond acceptors (Lipinski definition) is 5. The van der Waals surface area contributed by atoms with Gasteiger partial charge in [-0.05, 0) is 44.0 Å². The third-order valence-electron chi connectivity index (χ3n) is 3.12. The molecule has 0 aromatic heterocycles. The summed E-state index contributed by atoms with van der Waals surface area (Å²) in [6.45, 7) is 3.28. The zero-order valence-corrected chi connectivity index (χ0v) is 14.1. The summed E-state index contributed by atoms with van der Waals surface area (Å²) in [5.74, 6) is -0.328. The van der Waals surface area contributed by atoms with Crippen LogP contribution in [0.3, 0.4) is 0 Å². The minimum atomic E-state index is -0.481. The zero-order chi connectivity index (χ0) is 15.8. The van der Waals surface area contributed by atoms with Gasteiger partial charge in [0.05, 0.1) is 24.9 Å². The Balaban J connectivity index is 1.95. The van der Waals surface area contributed by atoms with E-state index >= 15 is 0 Å². The fourth-order valence-corrected chi connectivity index (χ4v) is 2.26. The first-order chi connectivity index (χ1) is 10.7. The highest BCUT2D eigenvalue weighted by atomic mass is 79.9. The summed E-state index contributed by atoms with van der Waals surface area (Å²) in [5, 5.41) is 0. The second-order valence-electron chi connectivity index (χ2n) is 4.80. The molecule has 1 atom stereocenters. The minimum absolute atomic E-state index is 0.0823. The first-order valence-corrected chi connectivity index (χ1v) is 8.09. The third kappa shape index (κ3) is 5.31. The Hall–Kier alpha value is -1.60. The van der Waals surface area contributed by atoms with Crippen molar-refractivity contribution in [2.45, 2.75) is 25.9 Å². The molecule has 2 N–H and O–H groups in total. The first-order valence-electron chi connectivity index (χ1n) is 7.30. The monoisotopic (exact) mass is 369 g/mol. The molecular weight excluding hydrogens is 350 g/mol. The number of nitrogens with zero attached hydrogens (tertiary/aromatic N) is 1. The van der Waals surface area contributed by atoms with Gasteiger partial charge in [-0.2, -0.15) is 0 Å². The molecule has 1 aliphatic heterocycles. The summed E-state index contributed by atoms with van der Waals surface area (Å²) in [7, 11) is 0. The normalized spacial score (nSPS) is 18.1. The van der Waals surface area contributed by atoms with E-state index in [-0.39, 0.29) is 11.9 Å². The van der Waals surface area contributed by atoms with E-state index in [2.05, 4.69) is 31.8 Å². The van der Waals surface area contributed by atoms with Crippen molar-refractivity contribution in [3.8, 4) is 0 Å². The van der Waals surface area contributed by atoms with E-state index < -0.39 is 5.97 Å². The van der Waals surface area contributed by atoms with Crippen molar-refractivity contribution in [1.29, 1.82) is 0 Å². The van der Waals surface area contributed by atoms with Gasteiger partial charge in [0.1, 0.15) is 0 Å². The maximum absolute atomic E-state index is 11.9. The van der Waals surface area contributed by atoms with Gasteiger partial charge < -0.3 is 9.47 Å². The maximum Gasteiger partial charge on any atom is 0.375 e. The number of rotatable bonds is 5. The summed E-state index contributed by atoms with van der Waals surface area (Å²) in [4.78, 5) is 16.2. The van der Waals surface area contributed by atoms with Gasteiger partial charge in [-0.3, -0.25) is 15.8 Å². The number of hydrazine groups is 1. The van der Waals surface area contributed by atoms with Gasteiger partial charge in [0.15, 0.2) is 0 Å². The maximum atomic E-state index is 11.9. The lowest BCUT2D eigenvalue weighted by atomic mass is 10.2. The van der Waals surface area contributed by atoms with E-state index in [0.29, 0.717) is 13.2 Å². The van der Waals surface area contributed by atoms with Crippen LogP contribution in [-0.4, -0.2) is 37.7 Å². The van der Waals surface area contributed by atoms with E-state index in [1.807, 2.05) is 24.3 Å². The minimum Gasteiger partial charge on any atom is -0.460 e. The Morgan fingerprint density at radius 2 is 2.23 bits per heavy atom. The molecule has 1 fully saturated rings. The van der Waals surface area contributed by atoms with Crippen molar-refractivity contribution >= 4 is 33.4 Å². The molecule has 0 amide bonds. The Labute approximate surface area is 138 Å². The molecule has 1 aromatic rings. The summed E-state index contributed by atoms with van der Waals surface area (Å²) >= 11 is 3.37. The summed E-state index contributed by atoms with van der Waals surface area (Å²) in [6.07, 6.45) is 2.10. The highest BCUT2D eigenvalue weighted by Crippen LogP contribution is 2.14. The fraction of sp³-hybridized carbons (Fsp3) is 0.467. The van der Waals surface area contributed by atoms with Crippen molar-refractivity contribution in [2.24, 2.45) is 4.99 Å². The van der Waals surface area contributed by atoms with Gasteiger partial charge in [0, 0.05) is 11.1 Å². The van der Waals surface area contributed by atoms with Crippen molar-refractivity contribution in [1.82, 2.24) is 5.43 Å². The molecule has 6 nitrogen and oxygen atoms in total. The molecule has 1 heterocycles. The van der Waals surface area contributed by atoms with Crippen LogP contribution in [0.5, 0.6) is 0 Å². The summed E-state index contributed by atoms with van der Waals surface area (Å²) in [5.41, 5.74) is 6.58. The molecule has 1 saturated heterocycles. The van der Waals surface area contributed by atoms with E-state index in [0.717, 1.165) is 29.6 Å². The van der Waals surface area contributed by atoms with Crippen LogP contribution in [0.25, 0.3) is 0 Å². The highest BCUT2D eigenvalue weighted by molar-refractivity contribution is 9.10. The van der Waals surface area contributed by atoms with Crippen molar-refractivity contribution in [3.05, 3.63) is 28.7 Å². The first kappa shape index (κ1) is 16.8. The fourth-order valence-electron chi connectivity index (χ4n) is 2.00. The number of hydrogen-bond donors (Lipinski definition) is 2. The molecule has 22 heavy (non-hydrogen) atoms. The highest BCUT2D eigenvalue weighted by Gasteiger charge is 2.17. The van der Waals surface area contributed by atoms with Crippen LogP contribution in [0.1, 0.15) is 19.8 Å². The number of nitrogens with one attached hydrogen (secondary N) is 2. The smallest absolute Gasteiger partial charge is 0.375 e. The standard InChI is InChI=1S/C15H20BrN3O3/c1-2-21-15(20)14(17-10-13-4-3-9-22-13)19-18-12-7-5-11(16)6-8-12/h5-8,13,18H,2-4,9-10H2,1H3,(H,17,19)/t13-/m1/s1. The molecular formula is C15H20BrN3O3. The van der Waals surface area contributed by atoms with Crippen LogP contribution >= 0.6 is 15.9 Å². The molecule has 0 aliphatic carbocycles. The van der Waals surface area contributed by atoms with Crippen molar-refractivity contribution in [3.63, 3.8) is 0 Å². The number of esters is 1. The molecule has 0 spiro atoms. The van der Waals surface area contributed by atoms with Gasteiger partial charge in [-0.25, -0.2) is 4.79 Å². The molecule has 120 valence electrons. The quantitative estimate of drug-likeness (QED) is 0.361. The van der Waals surface area contributed by atoms with E-state index in [4.69, 9.17) is 9.47 Å². The molecule has 7 heteroatoms. The second-order valence-corrected chi connectivity index (χ2v) is 5.72. The Morgan fingerprint density at radius 1 is 1.45 bits per heavy atom. The largest absolute Gasteiger partial charge is 0.460 e.